The maximum atomic E-state index is 9.59. The summed E-state index contributed by atoms with van der Waals surface area (Å²) in [5.74, 6) is 2.63. The van der Waals surface area contributed by atoms with Gasteiger partial charge in [0.15, 0.2) is 0 Å². The van der Waals surface area contributed by atoms with Gasteiger partial charge in [-0.3, -0.25) is 4.98 Å². The van der Waals surface area contributed by atoms with Gasteiger partial charge in [0.25, 0.3) is 0 Å². The summed E-state index contributed by atoms with van der Waals surface area (Å²) in [5, 5.41) is 0. The zero-order valence-electron chi connectivity index (χ0n) is 5.61. The molecule has 0 radical (unpaired) electrons. The molecule has 0 spiro atoms. The molecule has 0 unspecified atom stereocenters. The molecule has 3 heteroatoms. The fourth-order valence-electron chi connectivity index (χ4n) is 0.551. The molecular formula is C8H4N2O. The van der Waals surface area contributed by atoms with Gasteiger partial charge in [0.2, 0.25) is 6.08 Å². The first-order valence-electron chi connectivity index (χ1n) is 2.91. The van der Waals surface area contributed by atoms with E-state index in [9.17, 15) is 4.79 Å². The third kappa shape index (κ3) is 2.44. The minimum atomic E-state index is 0.777. The molecule has 3 nitrogen and oxygen atoms in total. The Morgan fingerprint density at radius 3 is 2.73 bits per heavy atom. The molecule has 0 aliphatic heterocycles. The molecule has 0 aromatic carbocycles. The van der Waals surface area contributed by atoms with Gasteiger partial charge < -0.3 is 0 Å². The van der Waals surface area contributed by atoms with Crippen molar-refractivity contribution in [2.75, 3.05) is 0 Å². The van der Waals surface area contributed by atoms with Gasteiger partial charge in [-0.2, -0.15) is 0 Å². The largest absolute Gasteiger partial charge is 0.265 e. The number of isocyanates is 1. The number of aliphatic imine (C=N–C) groups is 1. The van der Waals surface area contributed by atoms with Crippen molar-refractivity contribution in [2.24, 2.45) is 4.99 Å². The summed E-state index contributed by atoms with van der Waals surface area (Å²) in [5.41, 5.74) is 0.777. The molecule has 1 rings (SSSR count). The highest BCUT2D eigenvalue weighted by Gasteiger charge is 1.79. The van der Waals surface area contributed by atoms with E-state index < -0.39 is 0 Å². The second-order valence-electron chi connectivity index (χ2n) is 1.68. The number of hydrogen-bond acceptors (Lipinski definition) is 3. The Balaban J connectivity index is 2.82. The van der Waals surface area contributed by atoms with Gasteiger partial charge in [-0.25, -0.2) is 4.79 Å². The van der Waals surface area contributed by atoms with E-state index >= 15 is 0 Å². The second kappa shape index (κ2) is 3.99. The van der Waals surface area contributed by atoms with E-state index in [0.717, 1.165) is 5.56 Å². The third-order valence-electron chi connectivity index (χ3n) is 0.982. The number of pyridine rings is 1. The zero-order chi connectivity index (χ0) is 7.94. The molecule has 0 atom stereocenters. The van der Waals surface area contributed by atoms with Crippen LogP contribution in [-0.4, -0.2) is 11.1 Å². The van der Waals surface area contributed by atoms with Gasteiger partial charge in [0, 0.05) is 18.0 Å². The smallest absolute Gasteiger partial charge is 0.249 e. The number of nitrogens with zero attached hydrogens (tertiary/aromatic N) is 2. The predicted molar refractivity (Wildman–Crippen MR) is 39.2 cm³/mol. The summed E-state index contributed by atoms with van der Waals surface area (Å²) in [7, 11) is 0. The van der Waals surface area contributed by atoms with Crippen molar-refractivity contribution in [3.05, 3.63) is 30.1 Å². The molecule has 1 heterocycles. The lowest BCUT2D eigenvalue weighted by Crippen LogP contribution is -1.72. The molecule has 52 valence electrons. The third-order valence-corrected chi connectivity index (χ3v) is 0.982. The molecule has 0 fully saturated rings. The van der Waals surface area contributed by atoms with E-state index in [0.29, 0.717) is 0 Å². The topological polar surface area (TPSA) is 42.3 Å². The molecule has 0 N–H and O–H groups in total. The molecule has 1 aromatic rings. The first-order valence-corrected chi connectivity index (χ1v) is 2.91. The minimum absolute atomic E-state index is 0.777. The maximum Gasteiger partial charge on any atom is 0.249 e. The standard InChI is InChI=1S/C8H4N2O/c11-7-10-6-3-8-1-4-9-5-2-8/h1-2,4-5H. The summed E-state index contributed by atoms with van der Waals surface area (Å²) >= 11 is 0. The van der Waals surface area contributed by atoms with E-state index in [1.807, 2.05) is 0 Å². The van der Waals surface area contributed by atoms with Crippen LogP contribution in [0.2, 0.25) is 0 Å². The average Bonchev–Trinajstić information content (AvgIpc) is 2.07. The van der Waals surface area contributed by atoms with Crippen LogP contribution in [0.4, 0.5) is 0 Å². The number of rotatable bonds is 0. The van der Waals surface area contributed by atoms with Gasteiger partial charge in [-0.05, 0) is 18.1 Å². The Morgan fingerprint density at radius 1 is 1.36 bits per heavy atom. The van der Waals surface area contributed by atoms with Crippen LogP contribution in [-0.2, 0) is 4.79 Å². The lowest BCUT2D eigenvalue weighted by atomic mass is 10.3. The highest BCUT2D eigenvalue weighted by molar-refractivity contribution is 5.39. The summed E-state index contributed by atoms with van der Waals surface area (Å²) in [6.07, 6.45) is 4.56. The summed E-state index contributed by atoms with van der Waals surface area (Å²) in [6.45, 7) is 0. The van der Waals surface area contributed by atoms with Crippen molar-refractivity contribution < 1.29 is 4.79 Å². The van der Waals surface area contributed by atoms with E-state index in [-0.39, 0.29) is 0 Å². The quantitative estimate of drug-likeness (QED) is 0.306. The highest BCUT2D eigenvalue weighted by atomic mass is 16.1. The van der Waals surface area contributed by atoms with Gasteiger partial charge >= 0.3 is 0 Å². The Kier molecular flexibility index (Phi) is 2.61. The molecule has 0 aliphatic rings. The predicted octanol–water partition coefficient (Wildman–Crippen LogP) is 0.726. The van der Waals surface area contributed by atoms with Crippen molar-refractivity contribution in [3.63, 3.8) is 0 Å². The molecule has 0 saturated heterocycles. The van der Waals surface area contributed by atoms with Crippen molar-refractivity contribution in [2.45, 2.75) is 0 Å². The Bertz CT molecular complexity index is 328. The molecular weight excluding hydrogens is 140 g/mol. The van der Waals surface area contributed by atoms with Crippen LogP contribution in [0.25, 0.3) is 0 Å². The van der Waals surface area contributed by atoms with Gasteiger partial charge in [0.05, 0.1) is 6.04 Å². The molecule has 0 bridgehead atoms. The minimum Gasteiger partial charge on any atom is -0.265 e. The summed E-state index contributed by atoms with van der Waals surface area (Å²) < 4.78 is 0. The SMILES string of the molecule is O=C=NC#Cc1ccncc1. The fraction of sp³-hybridized carbons (Fsp3) is 0. The Hall–Kier alpha value is -1.91. The lowest BCUT2D eigenvalue weighted by Gasteiger charge is -1.82. The van der Waals surface area contributed by atoms with Crippen molar-refractivity contribution in [3.8, 4) is 12.0 Å². The van der Waals surface area contributed by atoms with Crippen LogP contribution in [0.3, 0.4) is 0 Å². The van der Waals surface area contributed by atoms with E-state index in [1.54, 1.807) is 24.5 Å². The van der Waals surface area contributed by atoms with Crippen molar-refractivity contribution in [1.82, 2.24) is 4.98 Å². The van der Waals surface area contributed by atoms with E-state index in [2.05, 4.69) is 21.9 Å². The first-order chi connectivity index (χ1) is 5.43. The van der Waals surface area contributed by atoms with E-state index in [4.69, 9.17) is 0 Å². The second-order valence-corrected chi connectivity index (χ2v) is 1.68. The number of hydrogen-bond donors (Lipinski definition) is 0. The van der Waals surface area contributed by atoms with Crippen LogP contribution >= 0.6 is 0 Å². The maximum absolute atomic E-state index is 9.59. The summed E-state index contributed by atoms with van der Waals surface area (Å²) in [4.78, 5) is 16.5. The van der Waals surface area contributed by atoms with Crippen LogP contribution in [0, 0.1) is 12.0 Å². The Labute approximate surface area is 63.8 Å². The first kappa shape index (κ1) is 7.20. The van der Waals surface area contributed by atoms with Crippen LogP contribution in [0.15, 0.2) is 29.5 Å². The molecule has 11 heavy (non-hydrogen) atoms. The highest BCUT2D eigenvalue weighted by Crippen LogP contribution is 1.91. The van der Waals surface area contributed by atoms with Gasteiger partial charge in [0.1, 0.15) is 0 Å². The fourth-order valence-corrected chi connectivity index (χ4v) is 0.551. The van der Waals surface area contributed by atoms with Crippen molar-refractivity contribution in [1.29, 1.82) is 0 Å². The van der Waals surface area contributed by atoms with Crippen LogP contribution in [0.1, 0.15) is 5.56 Å². The average molecular weight is 144 g/mol. The van der Waals surface area contributed by atoms with Gasteiger partial charge in [-0.1, -0.05) is 0 Å². The van der Waals surface area contributed by atoms with E-state index in [1.165, 1.54) is 6.08 Å². The Morgan fingerprint density at radius 2 is 2.09 bits per heavy atom. The number of aromatic nitrogens is 1. The van der Waals surface area contributed by atoms with Crippen molar-refractivity contribution >= 4 is 6.08 Å². The lowest BCUT2D eigenvalue weighted by molar-refractivity contribution is 0.565. The summed E-state index contributed by atoms with van der Waals surface area (Å²) in [6, 6.07) is 5.73. The normalized spacial score (nSPS) is 7.27. The molecule has 0 saturated carbocycles. The number of carbonyl (C=O) groups excluding carboxylic acids is 1. The monoisotopic (exact) mass is 144 g/mol. The van der Waals surface area contributed by atoms with Gasteiger partial charge in [-0.15, -0.1) is 4.99 Å². The van der Waals surface area contributed by atoms with Crippen LogP contribution in [0.5, 0.6) is 0 Å². The molecule has 1 aromatic heterocycles. The van der Waals surface area contributed by atoms with Crippen LogP contribution < -0.4 is 0 Å². The zero-order valence-corrected chi connectivity index (χ0v) is 5.61. The molecule has 0 aliphatic carbocycles. The molecule has 0 amide bonds.